The summed E-state index contributed by atoms with van der Waals surface area (Å²) in [5, 5.41) is 14.0. The highest BCUT2D eigenvalue weighted by atomic mass is 16.5. The Bertz CT molecular complexity index is 819. The molecule has 0 aliphatic rings. The number of hydrogen-bond donors (Lipinski definition) is 1. The third kappa shape index (κ3) is 3.70. The van der Waals surface area contributed by atoms with Crippen LogP contribution in [0.3, 0.4) is 0 Å². The van der Waals surface area contributed by atoms with Crippen molar-refractivity contribution >= 4 is 0 Å². The average Bonchev–Trinajstić information content (AvgIpc) is 3.16. The normalized spacial score (nSPS) is 12.3. The van der Waals surface area contributed by atoms with Gasteiger partial charge < -0.3 is 18.7 Å². The molecule has 0 spiro atoms. The minimum atomic E-state index is -0.900. The lowest BCUT2D eigenvalue weighted by atomic mass is 10.2. The van der Waals surface area contributed by atoms with Crippen molar-refractivity contribution in [3.05, 3.63) is 58.8 Å². The van der Waals surface area contributed by atoms with Crippen LogP contribution < -0.4 is 10.5 Å². The number of rotatable bonds is 6. The molecule has 0 radical (unpaired) electrons. The van der Waals surface area contributed by atoms with E-state index in [2.05, 4.69) is 5.10 Å². The highest BCUT2D eigenvalue weighted by Gasteiger charge is 2.15. The number of ether oxygens (including phenoxy) is 1. The fourth-order valence-corrected chi connectivity index (χ4v) is 2.07. The van der Waals surface area contributed by atoms with Crippen molar-refractivity contribution in [2.75, 3.05) is 6.61 Å². The monoisotopic (exact) mass is 316 g/mol. The van der Waals surface area contributed by atoms with Crippen LogP contribution in [0, 0.1) is 6.92 Å². The van der Waals surface area contributed by atoms with Crippen molar-refractivity contribution in [3.8, 4) is 17.4 Å². The molecule has 23 heavy (non-hydrogen) atoms. The summed E-state index contributed by atoms with van der Waals surface area (Å²) in [6.07, 6.45) is 0.557. The summed E-state index contributed by atoms with van der Waals surface area (Å²) in [5.74, 6) is 0.428. The van der Waals surface area contributed by atoms with Crippen LogP contribution in [0.4, 0.5) is 0 Å². The number of hydrogen-bond acceptors (Lipinski definition) is 6. The lowest BCUT2D eigenvalue weighted by molar-refractivity contribution is 0.0875. The molecule has 0 aliphatic carbocycles. The molecule has 0 aliphatic heterocycles. The number of aryl methyl sites for hydroxylation is 1. The smallest absolute Gasteiger partial charge is 0.437 e. The quantitative estimate of drug-likeness (QED) is 0.746. The van der Waals surface area contributed by atoms with E-state index in [4.69, 9.17) is 13.6 Å². The van der Waals surface area contributed by atoms with E-state index in [1.54, 1.807) is 18.2 Å². The van der Waals surface area contributed by atoms with Crippen molar-refractivity contribution in [1.29, 1.82) is 0 Å². The molecule has 1 aromatic carbocycles. The van der Waals surface area contributed by atoms with Gasteiger partial charge >= 0.3 is 5.76 Å². The van der Waals surface area contributed by atoms with Gasteiger partial charge in [-0.25, -0.2) is 4.79 Å². The Hall–Kier alpha value is -2.80. The number of benzene rings is 1. The van der Waals surface area contributed by atoms with Crippen LogP contribution in [0.2, 0.25) is 0 Å². The van der Waals surface area contributed by atoms with Gasteiger partial charge in [-0.15, -0.1) is 5.10 Å². The summed E-state index contributed by atoms with van der Waals surface area (Å²) < 4.78 is 16.6. The summed E-state index contributed by atoms with van der Waals surface area (Å²) in [5.41, 5.74) is 1.06. The van der Waals surface area contributed by atoms with Gasteiger partial charge in [0.15, 0.2) is 5.76 Å². The van der Waals surface area contributed by atoms with E-state index in [-0.39, 0.29) is 19.0 Å². The van der Waals surface area contributed by atoms with E-state index >= 15 is 0 Å². The number of aliphatic hydroxyl groups is 1. The molecule has 1 N–H and O–H groups in total. The number of aromatic nitrogens is 2. The first kappa shape index (κ1) is 15.1. The number of nitrogens with zero attached hydrogens (tertiary/aromatic N) is 2. The van der Waals surface area contributed by atoms with Crippen LogP contribution in [0.5, 0.6) is 5.75 Å². The summed E-state index contributed by atoms with van der Waals surface area (Å²) in [4.78, 5) is 11.7. The van der Waals surface area contributed by atoms with Crippen molar-refractivity contribution in [2.45, 2.75) is 19.6 Å². The van der Waals surface area contributed by atoms with Gasteiger partial charge in [-0.1, -0.05) is 12.1 Å². The minimum Gasteiger partial charge on any atom is -0.491 e. The second kappa shape index (κ2) is 6.53. The first-order valence-electron chi connectivity index (χ1n) is 7.11. The van der Waals surface area contributed by atoms with E-state index < -0.39 is 11.9 Å². The highest BCUT2D eigenvalue weighted by Crippen LogP contribution is 2.15. The summed E-state index contributed by atoms with van der Waals surface area (Å²) >= 11 is 0. The standard InChI is InChI=1S/C16H16N2O5/c1-11-4-2-5-13(8-11)22-10-12(19)9-18-16(20)23-15(17-18)14-6-3-7-21-14/h2-8,12,19H,9-10H2,1H3. The fourth-order valence-electron chi connectivity index (χ4n) is 2.07. The predicted octanol–water partition coefficient (Wildman–Crippen LogP) is 1.84. The van der Waals surface area contributed by atoms with Gasteiger partial charge in [0.2, 0.25) is 0 Å². The minimum absolute atomic E-state index is 0.0329. The van der Waals surface area contributed by atoms with Crippen molar-refractivity contribution in [3.63, 3.8) is 0 Å². The molecule has 0 saturated heterocycles. The van der Waals surface area contributed by atoms with E-state index in [1.165, 1.54) is 6.26 Å². The van der Waals surface area contributed by atoms with Crippen molar-refractivity contribution in [2.24, 2.45) is 0 Å². The Kier molecular flexibility index (Phi) is 4.29. The molecule has 1 atom stereocenters. The van der Waals surface area contributed by atoms with Gasteiger partial charge in [0.05, 0.1) is 12.8 Å². The summed E-state index contributed by atoms with van der Waals surface area (Å²) in [7, 11) is 0. The topological polar surface area (TPSA) is 90.6 Å². The van der Waals surface area contributed by atoms with Crippen LogP contribution in [0.25, 0.3) is 11.7 Å². The van der Waals surface area contributed by atoms with Gasteiger partial charge in [-0.05, 0) is 36.8 Å². The second-order valence-electron chi connectivity index (χ2n) is 5.11. The number of furan rings is 1. The van der Waals surface area contributed by atoms with Crippen LogP contribution in [0.1, 0.15) is 5.56 Å². The largest absolute Gasteiger partial charge is 0.491 e. The molecule has 0 fully saturated rings. The Labute approximate surface area is 131 Å². The Balaban J connectivity index is 1.62. The number of aliphatic hydroxyl groups excluding tert-OH is 1. The zero-order chi connectivity index (χ0) is 16.2. The Morgan fingerprint density at radius 3 is 2.96 bits per heavy atom. The maximum atomic E-state index is 11.7. The lowest BCUT2D eigenvalue weighted by Gasteiger charge is -2.11. The van der Waals surface area contributed by atoms with Crippen LogP contribution in [-0.4, -0.2) is 27.6 Å². The third-order valence-corrected chi connectivity index (χ3v) is 3.15. The summed E-state index contributed by atoms with van der Waals surface area (Å²) in [6, 6.07) is 10.8. The predicted molar refractivity (Wildman–Crippen MR) is 81.1 cm³/mol. The third-order valence-electron chi connectivity index (χ3n) is 3.15. The zero-order valence-electron chi connectivity index (χ0n) is 12.5. The van der Waals surface area contributed by atoms with Gasteiger partial charge in [-0.2, -0.15) is 4.68 Å². The van der Waals surface area contributed by atoms with E-state index in [0.717, 1.165) is 10.2 Å². The maximum Gasteiger partial charge on any atom is 0.437 e. The van der Waals surface area contributed by atoms with Crippen LogP contribution in [-0.2, 0) is 6.54 Å². The van der Waals surface area contributed by atoms with Crippen molar-refractivity contribution in [1.82, 2.24) is 9.78 Å². The SMILES string of the molecule is Cc1cccc(OCC(O)Cn2nc(-c3ccco3)oc2=O)c1. The van der Waals surface area contributed by atoms with Gasteiger partial charge in [0.1, 0.15) is 18.5 Å². The average molecular weight is 316 g/mol. The molecule has 7 nitrogen and oxygen atoms in total. The van der Waals surface area contributed by atoms with Crippen LogP contribution in [0.15, 0.2) is 56.3 Å². The first-order valence-corrected chi connectivity index (χ1v) is 7.11. The van der Waals surface area contributed by atoms with Crippen LogP contribution >= 0.6 is 0 Å². The molecular weight excluding hydrogens is 300 g/mol. The molecule has 7 heteroatoms. The highest BCUT2D eigenvalue weighted by molar-refractivity contribution is 5.42. The van der Waals surface area contributed by atoms with E-state index in [0.29, 0.717) is 11.5 Å². The molecule has 2 heterocycles. The van der Waals surface area contributed by atoms with Gasteiger partial charge in [0, 0.05) is 0 Å². The molecule has 3 rings (SSSR count). The van der Waals surface area contributed by atoms with E-state index in [9.17, 15) is 9.90 Å². The maximum absolute atomic E-state index is 11.7. The fraction of sp³-hybridized carbons (Fsp3) is 0.250. The molecule has 3 aromatic rings. The van der Waals surface area contributed by atoms with Crippen molar-refractivity contribution < 1.29 is 18.7 Å². The summed E-state index contributed by atoms with van der Waals surface area (Å²) in [6.45, 7) is 1.96. The van der Waals surface area contributed by atoms with Gasteiger partial charge in [-0.3, -0.25) is 0 Å². The molecule has 0 bridgehead atoms. The Morgan fingerprint density at radius 2 is 2.22 bits per heavy atom. The van der Waals surface area contributed by atoms with E-state index in [1.807, 2.05) is 25.1 Å². The Morgan fingerprint density at radius 1 is 1.35 bits per heavy atom. The van der Waals surface area contributed by atoms with Gasteiger partial charge in [0.25, 0.3) is 5.89 Å². The molecule has 0 saturated carbocycles. The first-order chi connectivity index (χ1) is 11.1. The zero-order valence-corrected chi connectivity index (χ0v) is 12.5. The molecule has 1 unspecified atom stereocenters. The molecular formula is C16H16N2O5. The lowest BCUT2D eigenvalue weighted by Crippen LogP contribution is -2.29. The second-order valence-corrected chi connectivity index (χ2v) is 5.11. The molecule has 2 aromatic heterocycles. The molecule has 120 valence electrons. The molecule has 0 amide bonds.